The van der Waals surface area contributed by atoms with Gasteiger partial charge in [0, 0.05) is 12.0 Å². The van der Waals surface area contributed by atoms with Crippen LogP contribution in [0.3, 0.4) is 0 Å². The van der Waals surface area contributed by atoms with Crippen molar-refractivity contribution in [1.82, 2.24) is 0 Å². The first kappa shape index (κ1) is 9.99. The van der Waals surface area contributed by atoms with Crippen molar-refractivity contribution in [3.8, 4) is 5.75 Å². The molecule has 1 aliphatic heterocycles. The van der Waals surface area contributed by atoms with E-state index in [-0.39, 0.29) is 6.04 Å². The Morgan fingerprint density at radius 1 is 1.57 bits per heavy atom. The van der Waals surface area contributed by atoms with Crippen LogP contribution >= 0.6 is 15.9 Å². The standard InChI is InChI=1S/C11H14BrNO/c1-7(13)9-5-8-3-2-4-10(12)11(8)14-6-9/h2-4,7,9H,5-6,13H2,1H3. The molecule has 1 heterocycles. The molecule has 2 nitrogen and oxygen atoms in total. The van der Waals surface area contributed by atoms with E-state index >= 15 is 0 Å². The van der Waals surface area contributed by atoms with Crippen molar-refractivity contribution in [2.45, 2.75) is 19.4 Å². The van der Waals surface area contributed by atoms with Gasteiger partial charge in [-0.15, -0.1) is 0 Å². The minimum absolute atomic E-state index is 0.196. The molecule has 0 aromatic heterocycles. The van der Waals surface area contributed by atoms with Crippen LogP contribution in [-0.4, -0.2) is 12.6 Å². The SMILES string of the molecule is CC(N)C1COc2c(Br)cccc2C1. The summed E-state index contributed by atoms with van der Waals surface area (Å²) < 4.78 is 6.74. The van der Waals surface area contributed by atoms with Gasteiger partial charge in [-0.25, -0.2) is 0 Å². The second kappa shape index (κ2) is 3.91. The minimum Gasteiger partial charge on any atom is -0.492 e. The fraction of sp³-hybridized carbons (Fsp3) is 0.455. The molecular weight excluding hydrogens is 242 g/mol. The van der Waals surface area contributed by atoms with E-state index in [0.29, 0.717) is 5.92 Å². The Labute approximate surface area is 92.6 Å². The van der Waals surface area contributed by atoms with Crippen LogP contribution in [0.15, 0.2) is 22.7 Å². The van der Waals surface area contributed by atoms with Crippen LogP contribution in [-0.2, 0) is 6.42 Å². The van der Waals surface area contributed by atoms with Crippen molar-refractivity contribution in [1.29, 1.82) is 0 Å². The van der Waals surface area contributed by atoms with Crippen LogP contribution in [0.25, 0.3) is 0 Å². The first-order chi connectivity index (χ1) is 6.68. The third-order valence-corrected chi connectivity index (χ3v) is 3.34. The van der Waals surface area contributed by atoms with Gasteiger partial charge >= 0.3 is 0 Å². The highest BCUT2D eigenvalue weighted by Gasteiger charge is 2.23. The molecule has 0 amide bonds. The molecule has 1 aliphatic rings. The van der Waals surface area contributed by atoms with Gasteiger partial charge in [0.05, 0.1) is 11.1 Å². The zero-order chi connectivity index (χ0) is 10.1. The second-order valence-corrected chi connectivity index (χ2v) is 4.72. The molecule has 2 rings (SSSR count). The van der Waals surface area contributed by atoms with E-state index in [1.807, 2.05) is 19.1 Å². The number of halogens is 1. The Kier molecular flexibility index (Phi) is 2.79. The Morgan fingerprint density at radius 2 is 2.36 bits per heavy atom. The number of nitrogens with two attached hydrogens (primary N) is 1. The first-order valence-electron chi connectivity index (χ1n) is 4.84. The molecule has 2 unspecified atom stereocenters. The predicted molar refractivity (Wildman–Crippen MR) is 60.5 cm³/mol. The predicted octanol–water partition coefficient (Wildman–Crippen LogP) is 2.35. The van der Waals surface area contributed by atoms with Crippen LogP contribution in [0.4, 0.5) is 0 Å². The number of fused-ring (bicyclic) bond motifs is 1. The Bertz CT molecular complexity index is 338. The molecule has 3 heteroatoms. The van der Waals surface area contributed by atoms with E-state index in [2.05, 4.69) is 22.0 Å². The Morgan fingerprint density at radius 3 is 3.07 bits per heavy atom. The van der Waals surface area contributed by atoms with E-state index in [1.54, 1.807) is 0 Å². The molecule has 0 saturated heterocycles. The van der Waals surface area contributed by atoms with E-state index in [1.165, 1.54) is 5.56 Å². The number of para-hydroxylation sites is 1. The van der Waals surface area contributed by atoms with Crippen molar-refractivity contribution >= 4 is 15.9 Å². The molecular formula is C11H14BrNO. The third kappa shape index (κ3) is 1.79. The van der Waals surface area contributed by atoms with Crippen molar-refractivity contribution < 1.29 is 4.74 Å². The molecule has 1 aromatic carbocycles. The van der Waals surface area contributed by atoms with Gasteiger partial charge in [0.2, 0.25) is 0 Å². The van der Waals surface area contributed by atoms with Crippen LogP contribution in [0.2, 0.25) is 0 Å². The van der Waals surface area contributed by atoms with Crippen LogP contribution in [0.5, 0.6) is 5.75 Å². The highest BCUT2D eigenvalue weighted by atomic mass is 79.9. The lowest BCUT2D eigenvalue weighted by Crippen LogP contribution is -2.35. The summed E-state index contributed by atoms with van der Waals surface area (Å²) in [7, 11) is 0. The number of benzene rings is 1. The second-order valence-electron chi connectivity index (χ2n) is 3.86. The van der Waals surface area contributed by atoms with E-state index in [4.69, 9.17) is 10.5 Å². The molecule has 0 bridgehead atoms. The fourth-order valence-electron chi connectivity index (χ4n) is 1.75. The summed E-state index contributed by atoms with van der Waals surface area (Å²) in [6.07, 6.45) is 1.02. The maximum absolute atomic E-state index is 5.87. The summed E-state index contributed by atoms with van der Waals surface area (Å²) in [4.78, 5) is 0. The molecule has 2 atom stereocenters. The van der Waals surface area contributed by atoms with Gasteiger partial charge in [0.1, 0.15) is 5.75 Å². The molecule has 0 aliphatic carbocycles. The zero-order valence-electron chi connectivity index (χ0n) is 8.16. The number of ether oxygens (including phenoxy) is 1. The Balaban J connectivity index is 2.27. The fourth-order valence-corrected chi connectivity index (χ4v) is 2.27. The number of hydrogen-bond donors (Lipinski definition) is 1. The van der Waals surface area contributed by atoms with E-state index in [9.17, 15) is 0 Å². The van der Waals surface area contributed by atoms with Gasteiger partial charge in [0.25, 0.3) is 0 Å². The van der Waals surface area contributed by atoms with Gasteiger partial charge < -0.3 is 10.5 Å². The van der Waals surface area contributed by atoms with Crippen LogP contribution in [0.1, 0.15) is 12.5 Å². The van der Waals surface area contributed by atoms with E-state index < -0.39 is 0 Å². The molecule has 0 radical (unpaired) electrons. The molecule has 0 spiro atoms. The number of hydrogen-bond acceptors (Lipinski definition) is 2. The monoisotopic (exact) mass is 255 g/mol. The normalized spacial score (nSPS) is 22.4. The average molecular weight is 256 g/mol. The lowest BCUT2D eigenvalue weighted by Gasteiger charge is -2.28. The van der Waals surface area contributed by atoms with Crippen LogP contribution in [0, 0.1) is 5.92 Å². The van der Waals surface area contributed by atoms with E-state index in [0.717, 1.165) is 23.2 Å². The van der Waals surface area contributed by atoms with Gasteiger partial charge in [0.15, 0.2) is 0 Å². The highest BCUT2D eigenvalue weighted by Crippen LogP contribution is 2.34. The first-order valence-corrected chi connectivity index (χ1v) is 5.63. The molecule has 0 fully saturated rings. The summed E-state index contributed by atoms with van der Waals surface area (Å²) >= 11 is 3.48. The molecule has 0 saturated carbocycles. The largest absolute Gasteiger partial charge is 0.492 e. The van der Waals surface area contributed by atoms with Gasteiger partial charge in [-0.2, -0.15) is 0 Å². The lowest BCUT2D eigenvalue weighted by molar-refractivity contribution is 0.203. The minimum atomic E-state index is 0.196. The topological polar surface area (TPSA) is 35.2 Å². The summed E-state index contributed by atoms with van der Waals surface area (Å²) in [6, 6.07) is 6.34. The summed E-state index contributed by atoms with van der Waals surface area (Å²) in [5.41, 5.74) is 7.13. The third-order valence-electron chi connectivity index (χ3n) is 2.72. The molecule has 14 heavy (non-hydrogen) atoms. The average Bonchev–Trinajstić information content (AvgIpc) is 2.17. The van der Waals surface area contributed by atoms with Crippen molar-refractivity contribution in [3.05, 3.63) is 28.2 Å². The molecule has 2 N–H and O–H groups in total. The van der Waals surface area contributed by atoms with Crippen molar-refractivity contribution in [2.24, 2.45) is 11.7 Å². The highest BCUT2D eigenvalue weighted by molar-refractivity contribution is 9.10. The number of rotatable bonds is 1. The summed E-state index contributed by atoms with van der Waals surface area (Å²) in [6.45, 7) is 2.77. The van der Waals surface area contributed by atoms with Crippen LogP contribution < -0.4 is 10.5 Å². The Hall–Kier alpha value is -0.540. The maximum Gasteiger partial charge on any atom is 0.136 e. The van der Waals surface area contributed by atoms with Gasteiger partial charge in [-0.3, -0.25) is 0 Å². The zero-order valence-corrected chi connectivity index (χ0v) is 9.75. The maximum atomic E-state index is 5.87. The van der Waals surface area contributed by atoms with Gasteiger partial charge in [-0.1, -0.05) is 12.1 Å². The summed E-state index contributed by atoms with van der Waals surface area (Å²) in [5.74, 6) is 1.43. The van der Waals surface area contributed by atoms with Gasteiger partial charge in [-0.05, 0) is 40.9 Å². The molecule has 76 valence electrons. The molecule has 1 aromatic rings. The van der Waals surface area contributed by atoms with Crippen molar-refractivity contribution in [2.75, 3.05) is 6.61 Å². The quantitative estimate of drug-likeness (QED) is 0.837. The lowest BCUT2D eigenvalue weighted by atomic mass is 9.92. The summed E-state index contributed by atoms with van der Waals surface area (Å²) in [5, 5.41) is 0. The van der Waals surface area contributed by atoms with Crippen molar-refractivity contribution in [3.63, 3.8) is 0 Å². The smallest absolute Gasteiger partial charge is 0.136 e.